The van der Waals surface area contributed by atoms with E-state index >= 15 is 0 Å². The first-order valence-corrected chi connectivity index (χ1v) is 7.40. The zero-order valence-electron chi connectivity index (χ0n) is 12.7. The van der Waals surface area contributed by atoms with Gasteiger partial charge in [-0.25, -0.2) is 0 Å². The summed E-state index contributed by atoms with van der Waals surface area (Å²) in [6.07, 6.45) is 3.59. The van der Waals surface area contributed by atoms with Crippen LogP contribution in [0.25, 0.3) is 0 Å². The molecule has 3 rings (SSSR count). The fourth-order valence-electron chi connectivity index (χ4n) is 2.56. The second-order valence-electron chi connectivity index (χ2n) is 5.36. The fraction of sp³-hybridized carbons (Fsp3) is 0.176. The van der Waals surface area contributed by atoms with Crippen molar-refractivity contribution in [2.24, 2.45) is 0 Å². The Bertz CT molecular complexity index is 789. The molecule has 0 atom stereocenters. The number of nitrogens with zero attached hydrogens (tertiary/aromatic N) is 2. The van der Waals surface area contributed by atoms with E-state index in [-0.39, 0.29) is 35.9 Å². The van der Waals surface area contributed by atoms with Crippen LogP contribution in [-0.2, 0) is 16.1 Å². The normalized spacial score (nSPS) is 14.1. The largest absolute Gasteiger partial charge is 0.545 e. The molecule has 0 aliphatic carbocycles. The quantitative estimate of drug-likeness (QED) is 0.813. The number of aromatic carboxylic acids is 1. The molecule has 1 fully saturated rings. The van der Waals surface area contributed by atoms with Crippen LogP contribution in [0, 0.1) is 0 Å². The third kappa shape index (κ3) is 3.10. The summed E-state index contributed by atoms with van der Waals surface area (Å²) in [4.78, 5) is 40.0. The molecular weight excluding hydrogens is 310 g/mol. The zero-order valence-corrected chi connectivity index (χ0v) is 12.7. The van der Waals surface area contributed by atoms with Gasteiger partial charge in [0.15, 0.2) is 0 Å². The van der Waals surface area contributed by atoms with E-state index in [2.05, 4.69) is 10.3 Å². The van der Waals surface area contributed by atoms with E-state index in [9.17, 15) is 19.5 Å². The van der Waals surface area contributed by atoms with Gasteiger partial charge in [0.05, 0.1) is 11.7 Å². The number of rotatable bonds is 5. The molecule has 1 aromatic carbocycles. The minimum absolute atomic E-state index is 0.108. The van der Waals surface area contributed by atoms with Crippen molar-refractivity contribution in [1.29, 1.82) is 0 Å². The van der Waals surface area contributed by atoms with E-state index in [0.717, 1.165) is 10.5 Å². The molecular formula is C17H14N3O4-. The van der Waals surface area contributed by atoms with Gasteiger partial charge in [0, 0.05) is 43.0 Å². The van der Waals surface area contributed by atoms with Crippen molar-refractivity contribution in [3.8, 4) is 0 Å². The second-order valence-corrected chi connectivity index (χ2v) is 5.36. The van der Waals surface area contributed by atoms with Crippen molar-refractivity contribution in [3.05, 3.63) is 53.9 Å². The predicted octanol–water partition coefficient (Wildman–Crippen LogP) is 0.711. The lowest BCUT2D eigenvalue weighted by Gasteiger charge is -2.18. The summed E-state index contributed by atoms with van der Waals surface area (Å²) in [6, 6.07) is 7.98. The van der Waals surface area contributed by atoms with Crippen LogP contribution in [0.3, 0.4) is 0 Å². The van der Waals surface area contributed by atoms with Crippen LogP contribution in [0.5, 0.6) is 0 Å². The number of amides is 2. The summed E-state index contributed by atoms with van der Waals surface area (Å²) >= 11 is 0. The van der Waals surface area contributed by atoms with Crippen LogP contribution in [0.4, 0.5) is 11.4 Å². The highest BCUT2D eigenvalue weighted by Gasteiger charge is 2.30. The van der Waals surface area contributed by atoms with Crippen molar-refractivity contribution >= 4 is 29.2 Å². The molecule has 2 heterocycles. The number of carbonyl (C=O) groups is 3. The van der Waals surface area contributed by atoms with Gasteiger partial charge in [0.2, 0.25) is 11.8 Å². The maximum Gasteiger partial charge on any atom is 0.234 e. The number of aromatic nitrogens is 1. The summed E-state index contributed by atoms with van der Waals surface area (Å²) in [5.74, 6) is -2.05. The maximum absolute atomic E-state index is 11.8. The molecule has 2 amide bonds. The van der Waals surface area contributed by atoms with Crippen molar-refractivity contribution in [3.63, 3.8) is 0 Å². The lowest BCUT2D eigenvalue weighted by atomic mass is 10.1. The molecule has 0 radical (unpaired) electrons. The minimum atomic E-state index is -1.38. The van der Waals surface area contributed by atoms with Crippen LogP contribution >= 0.6 is 0 Å². The van der Waals surface area contributed by atoms with Gasteiger partial charge in [-0.05, 0) is 29.8 Å². The number of pyridine rings is 1. The van der Waals surface area contributed by atoms with Gasteiger partial charge in [-0.1, -0.05) is 6.07 Å². The number of imide groups is 1. The van der Waals surface area contributed by atoms with Crippen LogP contribution < -0.4 is 15.3 Å². The topological polar surface area (TPSA) is 102 Å². The molecule has 7 nitrogen and oxygen atoms in total. The lowest BCUT2D eigenvalue weighted by molar-refractivity contribution is -0.254. The average Bonchev–Trinajstić information content (AvgIpc) is 2.92. The van der Waals surface area contributed by atoms with Crippen molar-refractivity contribution < 1.29 is 19.5 Å². The van der Waals surface area contributed by atoms with Crippen LogP contribution in [0.2, 0.25) is 0 Å². The molecule has 0 saturated carbocycles. The van der Waals surface area contributed by atoms with Gasteiger partial charge in [0.25, 0.3) is 0 Å². The van der Waals surface area contributed by atoms with Crippen LogP contribution in [0.1, 0.15) is 28.8 Å². The molecule has 24 heavy (non-hydrogen) atoms. The second kappa shape index (κ2) is 6.49. The van der Waals surface area contributed by atoms with E-state index in [1.54, 1.807) is 24.5 Å². The number of anilines is 2. The fourth-order valence-corrected chi connectivity index (χ4v) is 2.56. The van der Waals surface area contributed by atoms with Crippen molar-refractivity contribution in [2.45, 2.75) is 19.4 Å². The van der Waals surface area contributed by atoms with Gasteiger partial charge < -0.3 is 15.2 Å². The Labute approximate surface area is 137 Å². The van der Waals surface area contributed by atoms with Gasteiger partial charge >= 0.3 is 0 Å². The minimum Gasteiger partial charge on any atom is -0.545 e. The first-order chi connectivity index (χ1) is 11.6. The molecule has 1 N–H and O–H groups in total. The average molecular weight is 324 g/mol. The Balaban J connectivity index is 1.86. The molecule has 7 heteroatoms. The summed E-state index contributed by atoms with van der Waals surface area (Å²) in [5, 5.41) is 14.4. The van der Waals surface area contributed by atoms with E-state index in [0.29, 0.717) is 12.2 Å². The standard InChI is InChI=1S/C17H15N3O4/c21-15-5-6-16(22)20(15)12-3-4-14(13(8-12)17(23)24)19-10-11-2-1-7-18-9-11/h1-4,7-9,19H,5-6,10H2,(H,23,24)/p-1. The SMILES string of the molecule is O=C([O-])c1cc(N2C(=O)CCC2=O)ccc1NCc1cccnc1. The Morgan fingerprint density at radius 1 is 1.21 bits per heavy atom. The van der Waals surface area contributed by atoms with Gasteiger partial charge in [-0.15, -0.1) is 0 Å². The number of carboxylic acid groups (broad SMARTS) is 1. The molecule has 2 aromatic rings. The van der Waals surface area contributed by atoms with Gasteiger partial charge in [-0.3, -0.25) is 19.5 Å². The Morgan fingerprint density at radius 3 is 2.58 bits per heavy atom. The molecule has 1 saturated heterocycles. The number of nitrogens with one attached hydrogen (secondary N) is 1. The Hall–Kier alpha value is -3.22. The molecule has 0 spiro atoms. The third-order valence-corrected chi connectivity index (χ3v) is 3.74. The summed E-state index contributed by atoms with van der Waals surface area (Å²) in [6.45, 7) is 0.384. The molecule has 1 aromatic heterocycles. The monoisotopic (exact) mass is 324 g/mol. The maximum atomic E-state index is 11.8. The highest BCUT2D eigenvalue weighted by molar-refractivity contribution is 6.20. The highest BCUT2D eigenvalue weighted by Crippen LogP contribution is 2.27. The van der Waals surface area contributed by atoms with Crippen LogP contribution in [-0.4, -0.2) is 22.8 Å². The van der Waals surface area contributed by atoms with E-state index in [1.807, 2.05) is 6.07 Å². The number of benzene rings is 1. The summed E-state index contributed by atoms with van der Waals surface area (Å²) in [5.41, 5.74) is 1.37. The third-order valence-electron chi connectivity index (χ3n) is 3.74. The predicted molar refractivity (Wildman–Crippen MR) is 84.1 cm³/mol. The molecule has 1 aliphatic rings. The lowest BCUT2D eigenvalue weighted by Crippen LogP contribution is -2.30. The number of carboxylic acids is 1. The molecule has 0 unspecified atom stereocenters. The Morgan fingerprint density at radius 2 is 1.96 bits per heavy atom. The van der Waals surface area contributed by atoms with E-state index in [4.69, 9.17) is 0 Å². The number of hydrogen-bond donors (Lipinski definition) is 1. The molecule has 122 valence electrons. The van der Waals surface area contributed by atoms with Gasteiger partial charge in [0.1, 0.15) is 0 Å². The smallest absolute Gasteiger partial charge is 0.234 e. The number of hydrogen-bond acceptors (Lipinski definition) is 6. The highest BCUT2D eigenvalue weighted by atomic mass is 16.4. The van der Waals surface area contributed by atoms with E-state index < -0.39 is 5.97 Å². The van der Waals surface area contributed by atoms with Crippen molar-refractivity contribution in [2.75, 3.05) is 10.2 Å². The number of carbonyl (C=O) groups excluding carboxylic acids is 3. The molecule has 0 bridgehead atoms. The Kier molecular flexibility index (Phi) is 4.24. The summed E-state index contributed by atoms with van der Waals surface area (Å²) < 4.78 is 0. The van der Waals surface area contributed by atoms with Crippen LogP contribution in [0.15, 0.2) is 42.7 Å². The van der Waals surface area contributed by atoms with Gasteiger partial charge in [-0.2, -0.15) is 0 Å². The van der Waals surface area contributed by atoms with E-state index in [1.165, 1.54) is 12.1 Å². The van der Waals surface area contributed by atoms with Crippen molar-refractivity contribution in [1.82, 2.24) is 4.98 Å². The molecule has 1 aliphatic heterocycles. The first kappa shape index (κ1) is 15.7. The summed E-state index contributed by atoms with van der Waals surface area (Å²) in [7, 11) is 0. The first-order valence-electron chi connectivity index (χ1n) is 7.40. The zero-order chi connectivity index (χ0) is 17.1.